The summed E-state index contributed by atoms with van der Waals surface area (Å²) in [6, 6.07) is 7.83. The lowest BCUT2D eigenvalue weighted by Gasteiger charge is -2.17. The largest absolute Gasteiger partial charge is 0.477 e. The van der Waals surface area contributed by atoms with Crippen molar-refractivity contribution in [3.63, 3.8) is 0 Å². The van der Waals surface area contributed by atoms with Crippen molar-refractivity contribution < 1.29 is 9.90 Å². The predicted molar refractivity (Wildman–Crippen MR) is 81.4 cm³/mol. The van der Waals surface area contributed by atoms with Crippen molar-refractivity contribution in [1.29, 1.82) is 0 Å². The number of hydrogen-bond acceptors (Lipinski definition) is 2. The van der Waals surface area contributed by atoms with Crippen LogP contribution in [0.25, 0.3) is 10.9 Å². The van der Waals surface area contributed by atoms with Crippen LogP contribution in [0.1, 0.15) is 36.3 Å². The second-order valence-corrected chi connectivity index (χ2v) is 5.04. The van der Waals surface area contributed by atoms with Gasteiger partial charge in [0.2, 0.25) is 0 Å². The van der Waals surface area contributed by atoms with Crippen LogP contribution in [0.5, 0.6) is 0 Å². The van der Waals surface area contributed by atoms with Gasteiger partial charge in [-0.15, -0.1) is 0 Å². The van der Waals surface area contributed by atoms with Gasteiger partial charge in [0.15, 0.2) is 0 Å². The molecule has 0 saturated carbocycles. The lowest BCUT2D eigenvalue weighted by atomic mass is 10.1. The van der Waals surface area contributed by atoms with Crippen LogP contribution in [0.15, 0.2) is 24.3 Å². The molecule has 0 fully saturated rings. The molecule has 0 radical (unpaired) electrons. The van der Waals surface area contributed by atoms with Crippen molar-refractivity contribution in [3.8, 4) is 0 Å². The summed E-state index contributed by atoms with van der Waals surface area (Å²) >= 11 is 0. The van der Waals surface area contributed by atoms with E-state index in [4.69, 9.17) is 5.11 Å². The highest BCUT2D eigenvalue weighted by Gasteiger charge is 2.07. The Kier molecular flexibility index (Phi) is 4.79. The lowest BCUT2D eigenvalue weighted by Crippen LogP contribution is -2.24. The molecule has 0 unspecified atom stereocenters. The zero-order valence-electron chi connectivity index (χ0n) is 12.1. The second-order valence-electron chi connectivity index (χ2n) is 5.04. The molecule has 2 rings (SSSR count). The molecule has 20 heavy (non-hydrogen) atoms. The molecule has 0 aliphatic rings. The highest BCUT2D eigenvalue weighted by molar-refractivity contribution is 5.93. The Morgan fingerprint density at radius 2 is 2.00 bits per heavy atom. The molecule has 2 aromatic rings. The van der Waals surface area contributed by atoms with Crippen LogP contribution in [-0.2, 0) is 6.42 Å². The standard InChI is InChI=1S/C16H22N2O2/c1-3-18(4-2)9-5-6-12-7-8-14-13(10-12)11-15(17-14)16(19)20/h7-8,10-11,17H,3-6,9H2,1-2H3,(H,19,20). The van der Waals surface area contributed by atoms with E-state index in [-0.39, 0.29) is 5.69 Å². The number of H-pyrrole nitrogens is 1. The summed E-state index contributed by atoms with van der Waals surface area (Å²) in [5.41, 5.74) is 2.40. The van der Waals surface area contributed by atoms with Gasteiger partial charge in [-0.25, -0.2) is 4.79 Å². The van der Waals surface area contributed by atoms with Gasteiger partial charge in [-0.2, -0.15) is 0 Å². The third-order valence-corrected chi connectivity index (χ3v) is 3.75. The van der Waals surface area contributed by atoms with Crippen LogP contribution < -0.4 is 0 Å². The number of aryl methyl sites for hydroxylation is 1. The smallest absolute Gasteiger partial charge is 0.352 e. The predicted octanol–water partition coefficient (Wildman–Crippen LogP) is 3.14. The number of rotatable bonds is 7. The van der Waals surface area contributed by atoms with Gasteiger partial charge in [-0.3, -0.25) is 0 Å². The summed E-state index contributed by atoms with van der Waals surface area (Å²) in [6.07, 6.45) is 2.16. The molecule has 0 aliphatic carbocycles. The molecule has 0 spiro atoms. The Hall–Kier alpha value is -1.81. The van der Waals surface area contributed by atoms with E-state index in [1.54, 1.807) is 6.07 Å². The third kappa shape index (κ3) is 3.39. The molecule has 2 N–H and O–H groups in total. The zero-order chi connectivity index (χ0) is 14.5. The first-order valence-electron chi connectivity index (χ1n) is 7.21. The van der Waals surface area contributed by atoms with Crippen molar-refractivity contribution in [1.82, 2.24) is 9.88 Å². The van der Waals surface area contributed by atoms with Crippen molar-refractivity contribution in [2.45, 2.75) is 26.7 Å². The molecule has 4 nitrogen and oxygen atoms in total. The molecule has 1 aromatic carbocycles. The minimum absolute atomic E-state index is 0.250. The molecule has 0 amide bonds. The summed E-state index contributed by atoms with van der Waals surface area (Å²) in [7, 11) is 0. The first-order valence-corrected chi connectivity index (χ1v) is 7.21. The van der Waals surface area contributed by atoms with Crippen LogP contribution in [0.2, 0.25) is 0 Å². The number of aromatic carboxylic acids is 1. The van der Waals surface area contributed by atoms with Gasteiger partial charge >= 0.3 is 5.97 Å². The van der Waals surface area contributed by atoms with E-state index in [0.29, 0.717) is 0 Å². The topological polar surface area (TPSA) is 56.3 Å². The number of carboxylic acids is 1. The Labute approximate surface area is 119 Å². The van der Waals surface area contributed by atoms with Gasteiger partial charge < -0.3 is 15.0 Å². The quantitative estimate of drug-likeness (QED) is 0.815. The number of aromatic amines is 1. The van der Waals surface area contributed by atoms with Crippen molar-refractivity contribution in [3.05, 3.63) is 35.5 Å². The van der Waals surface area contributed by atoms with Crippen molar-refractivity contribution >= 4 is 16.9 Å². The van der Waals surface area contributed by atoms with Gasteiger partial charge in [0, 0.05) is 10.9 Å². The molecule has 1 heterocycles. The zero-order valence-corrected chi connectivity index (χ0v) is 12.1. The van der Waals surface area contributed by atoms with E-state index < -0.39 is 5.97 Å². The monoisotopic (exact) mass is 274 g/mol. The van der Waals surface area contributed by atoms with E-state index in [2.05, 4.69) is 35.9 Å². The molecule has 0 aliphatic heterocycles. The van der Waals surface area contributed by atoms with Crippen LogP contribution >= 0.6 is 0 Å². The number of fused-ring (bicyclic) bond motifs is 1. The van der Waals surface area contributed by atoms with Crippen molar-refractivity contribution in [2.24, 2.45) is 0 Å². The normalized spacial score (nSPS) is 11.3. The fourth-order valence-corrected chi connectivity index (χ4v) is 2.50. The van der Waals surface area contributed by atoms with Gasteiger partial charge in [-0.05, 0) is 56.2 Å². The Morgan fingerprint density at radius 1 is 1.25 bits per heavy atom. The van der Waals surface area contributed by atoms with E-state index in [9.17, 15) is 4.79 Å². The number of nitrogens with zero attached hydrogens (tertiary/aromatic N) is 1. The number of carboxylic acid groups (broad SMARTS) is 1. The van der Waals surface area contributed by atoms with Crippen LogP contribution in [-0.4, -0.2) is 40.6 Å². The minimum Gasteiger partial charge on any atom is -0.477 e. The van der Waals surface area contributed by atoms with Gasteiger partial charge in [0.1, 0.15) is 5.69 Å². The summed E-state index contributed by atoms with van der Waals surface area (Å²) in [5.74, 6) is -0.913. The van der Waals surface area contributed by atoms with E-state index in [1.165, 1.54) is 5.56 Å². The minimum atomic E-state index is -0.913. The maximum Gasteiger partial charge on any atom is 0.352 e. The van der Waals surface area contributed by atoms with E-state index in [0.717, 1.165) is 43.4 Å². The lowest BCUT2D eigenvalue weighted by molar-refractivity contribution is 0.0691. The first-order chi connectivity index (χ1) is 9.63. The Morgan fingerprint density at radius 3 is 2.65 bits per heavy atom. The molecule has 0 bridgehead atoms. The molecule has 4 heteroatoms. The number of nitrogens with one attached hydrogen (secondary N) is 1. The average Bonchev–Trinajstić information content (AvgIpc) is 2.87. The van der Waals surface area contributed by atoms with Crippen LogP contribution in [0, 0.1) is 0 Å². The number of aromatic nitrogens is 1. The molecular weight excluding hydrogens is 252 g/mol. The Bertz CT molecular complexity index is 585. The molecule has 0 atom stereocenters. The SMILES string of the molecule is CCN(CC)CCCc1ccc2[nH]c(C(=O)O)cc2c1. The fraction of sp³-hybridized carbons (Fsp3) is 0.438. The number of benzene rings is 1. The number of carbonyl (C=O) groups is 1. The van der Waals surface area contributed by atoms with E-state index in [1.807, 2.05) is 6.07 Å². The third-order valence-electron chi connectivity index (χ3n) is 3.75. The first kappa shape index (κ1) is 14.6. The Balaban J connectivity index is 2.02. The number of hydrogen-bond donors (Lipinski definition) is 2. The van der Waals surface area contributed by atoms with Gasteiger partial charge in [-0.1, -0.05) is 19.9 Å². The van der Waals surface area contributed by atoms with Crippen LogP contribution in [0.4, 0.5) is 0 Å². The fourth-order valence-electron chi connectivity index (χ4n) is 2.50. The molecule has 1 aromatic heterocycles. The molecular formula is C16H22N2O2. The average molecular weight is 274 g/mol. The highest BCUT2D eigenvalue weighted by atomic mass is 16.4. The summed E-state index contributed by atoms with van der Waals surface area (Å²) in [6.45, 7) is 7.66. The van der Waals surface area contributed by atoms with Gasteiger partial charge in [0.05, 0.1) is 0 Å². The second kappa shape index (κ2) is 6.57. The van der Waals surface area contributed by atoms with Crippen LogP contribution in [0.3, 0.4) is 0 Å². The van der Waals surface area contributed by atoms with E-state index >= 15 is 0 Å². The highest BCUT2D eigenvalue weighted by Crippen LogP contribution is 2.18. The van der Waals surface area contributed by atoms with Gasteiger partial charge in [0.25, 0.3) is 0 Å². The van der Waals surface area contributed by atoms with Crippen molar-refractivity contribution in [2.75, 3.05) is 19.6 Å². The molecule has 0 saturated heterocycles. The summed E-state index contributed by atoms with van der Waals surface area (Å²) in [5, 5.41) is 9.95. The maximum atomic E-state index is 10.9. The summed E-state index contributed by atoms with van der Waals surface area (Å²) < 4.78 is 0. The molecule has 108 valence electrons. The summed E-state index contributed by atoms with van der Waals surface area (Å²) in [4.78, 5) is 16.3. The maximum absolute atomic E-state index is 10.9.